The van der Waals surface area contributed by atoms with Crippen molar-refractivity contribution in [3.8, 4) is 0 Å². The van der Waals surface area contributed by atoms with E-state index in [-0.39, 0.29) is 0 Å². The molecule has 0 saturated carbocycles. The smallest absolute Gasteiger partial charge is 0.0196 e. The molecule has 1 aromatic heterocycles. The standard InChI is InChI=1S/C13H20N2/c1-2-6-12-10(4-1)8-13(15-12)11-5-3-7-14-9-11/h8,11,14-15H,1-7,9H2. The van der Waals surface area contributed by atoms with E-state index < -0.39 is 0 Å². The van der Waals surface area contributed by atoms with Crippen molar-refractivity contribution >= 4 is 0 Å². The summed E-state index contributed by atoms with van der Waals surface area (Å²) in [5, 5.41) is 3.49. The van der Waals surface area contributed by atoms with Crippen LogP contribution in [0, 0.1) is 0 Å². The van der Waals surface area contributed by atoms with Crippen molar-refractivity contribution in [2.75, 3.05) is 13.1 Å². The monoisotopic (exact) mass is 204 g/mol. The van der Waals surface area contributed by atoms with Gasteiger partial charge >= 0.3 is 0 Å². The Kier molecular flexibility index (Phi) is 2.53. The van der Waals surface area contributed by atoms with Crippen LogP contribution >= 0.6 is 0 Å². The van der Waals surface area contributed by atoms with Crippen LogP contribution in [-0.2, 0) is 12.8 Å². The summed E-state index contributed by atoms with van der Waals surface area (Å²) in [5.41, 5.74) is 4.62. The molecule has 15 heavy (non-hydrogen) atoms. The Morgan fingerprint density at radius 1 is 1.13 bits per heavy atom. The molecule has 2 heterocycles. The minimum Gasteiger partial charge on any atom is -0.362 e. The van der Waals surface area contributed by atoms with E-state index in [9.17, 15) is 0 Å². The van der Waals surface area contributed by atoms with Gasteiger partial charge in [-0.2, -0.15) is 0 Å². The molecule has 82 valence electrons. The van der Waals surface area contributed by atoms with Gasteiger partial charge in [0.15, 0.2) is 0 Å². The summed E-state index contributed by atoms with van der Waals surface area (Å²) in [6.45, 7) is 2.37. The van der Waals surface area contributed by atoms with Crippen molar-refractivity contribution in [3.63, 3.8) is 0 Å². The molecule has 1 aliphatic heterocycles. The maximum atomic E-state index is 3.66. The number of aryl methyl sites for hydroxylation is 2. The second-order valence-corrected chi connectivity index (χ2v) is 4.98. The molecule has 0 amide bonds. The van der Waals surface area contributed by atoms with Crippen LogP contribution in [0.5, 0.6) is 0 Å². The third-order valence-corrected chi connectivity index (χ3v) is 3.87. The maximum absolute atomic E-state index is 3.66. The highest BCUT2D eigenvalue weighted by atomic mass is 14.9. The molecule has 1 unspecified atom stereocenters. The zero-order chi connectivity index (χ0) is 10.1. The first kappa shape index (κ1) is 9.46. The predicted octanol–water partition coefficient (Wildman–Crippen LogP) is 2.36. The van der Waals surface area contributed by atoms with Crippen LogP contribution in [0.1, 0.15) is 48.6 Å². The Labute approximate surface area is 91.5 Å². The summed E-state index contributed by atoms with van der Waals surface area (Å²) >= 11 is 0. The lowest BCUT2D eigenvalue weighted by Gasteiger charge is -2.21. The van der Waals surface area contributed by atoms with E-state index in [4.69, 9.17) is 0 Å². The predicted molar refractivity (Wildman–Crippen MR) is 62.3 cm³/mol. The highest BCUT2D eigenvalue weighted by Gasteiger charge is 2.19. The highest BCUT2D eigenvalue weighted by molar-refractivity contribution is 5.30. The highest BCUT2D eigenvalue weighted by Crippen LogP contribution is 2.28. The summed E-state index contributed by atoms with van der Waals surface area (Å²) in [6.07, 6.45) is 8.01. The van der Waals surface area contributed by atoms with Gasteiger partial charge in [0.2, 0.25) is 0 Å². The second kappa shape index (κ2) is 4.01. The van der Waals surface area contributed by atoms with E-state index in [2.05, 4.69) is 16.4 Å². The van der Waals surface area contributed by atoms with E-state index in [1.807, 2.05) is 0 Å². The molecular formula is C13H20N2. The van der Waals surface area contributed by atoms with Crippen LogP contribution in [0.15, 0.2) is 6.07 Å². The molecule has 3 rings (SSSR count). The Hall–Kier alpha value is -0.760. The minimum absolute atomic E-state index is 0.740. The Balaban J connectivity index is 1.82. The fraction of sp³-hybridized carbons (Fsp3) is 0.692. The Morgan fingerprint density at radius 2 is 2.07 bits per heavy atom. The summed E-state index contributed by atoms with van der Waals surface area (Å²) < 4.78 is 0. The number of nitrogens with one attached hydrogen (secondary N) is 2. The lowest BCUT2D eigenvalue weighted by Crippen LogP contribution is -2.28. The summed E-state index contributed by atoms with van der Waals surface area (Å²) in [7, 11) is 0. The second-order valence-electron chi connectivity index (χ2n) is 4.98. The number of rotatable bonds is 1. The number of aromatic amines is 1. The van der Waals surface area contributed by atoms with E-state index in [1.54, 1.807) is 5.56 Å². The molecule has 0 radical (unpaired) electrons. The maximum Gasteiger partial charge on any atom is 0.0196 e. The molecule has 1 aliphatic carbocycles. The van der Waals surface area contributed by atoms with Crippen LogP contribution in [0.2, 0.25) is 0 Å². The average Bonchev–Trinajstić information content (AvgIpc) is 2.74. The van der Waals surface area contributed by atoms with Crippen molar-refractivity contribution < 1.29 is 0 Å². The average molecular weight is 204 g/mol. The molecule has 2 heteroatoms. The molecule has 1 atom stereocenters. The van der Waals surface area contributed by atoms with Gasteiger partial charge < -0.3 is 10.3 Å². The lowest BCUT2D eigenvalue weighted by atomic mass is 9.95. The van der Waals surface area contributed by atoms with E-state index in [1.165, 1.54) is 63.0 Å². The van der Waals surface area contributed by atoms with Gasteiger partial charge in [0, 0.05) is 23.9 Å². The van der Waals surface area contributed by atoms with Crippen LogP contribution in [0.25, 0.3) is 0 Å². The first-order valence-electron chi connectivity index (χ1n) is 6.35. The van der Waals surface area contributed by atoms with Crippen LogP contribution in [-0.4, -0.2) is 18.1 Å². The van der Waals surface area contributed by atoms with Gasteiger partial charge in [-0.05, 0) is 56.7 Å². The van der Waals surface area contributed by atoms with Gasteiger partial charge in [-0.15, -0.1) is 0 Å². The normalized spacial score (nSPS) is 26.3. The molecule has 0 spiro atoms. The number of hydrogen-bond acceptors (Lipinski definition) is 1. The first-order chi connectivity index (χ1) is 7.43. The quantitative estimate of drug-likeness (QED) is 0.722. The van der Waals surface area contributed by atoms with Gasteiger partial charge in [-0.25, -0.2) is 0 Å². The molecule has 2 aliphatic rings. The van der Waals surface area contributed by atoms with Crippen molar-refractivity contribution in [2.24, 2.45) is 0 Å². The van der Waals surface area contributed by atoms with Gasteiger partial charge in [0.25, 0.3) is 0 Å². The van der Waals surface area contributed by atoms with Crippen LogP contribution in [0.3, 0.4) is 0 Å². The van der Waals surface area contributed by atoms with E-state index in [0.717, 1.165) is 5.92 Å². The summed E-state index contributed by atoms with van der Waals surface area (Å²) in [5.74, 6) is 0.740. The summed E-state index contributed by atoms with van der Waals surface area (Å²) in [6, 6.07) is 2.44. The van der Waals surface area contributed by atoms with Crippen molar-refractivity contribution in [1.29, 1.82) is 0 Å². The lowest BCUT2D eigenvalue weighted by molar-refractivity contribution is 0.455. The number of aromatic nitrogens is 1. The van der Waals surface area contributed by atoms with Crippen molar-refractivity contribution in [1.82, 2.24) is 10.3 Å². The Morgan fingerprint density at radius 3 is 2.87 bits per heavy atom. The van der Waals surface area contributed by atoms with E-state index >= 15 is 0 Å². The fourth-order valence-corrected chi connectivity index (χ4v) is 2.97. The molecule has 2 nitrogen and oxygen atoms in total. The zero-order valence-corrected chi connectivity index (χ0v) is 9.31. The number of fused-ring (bicyclic) bond motifs is 1. The first-order valence-corrected chi connectivity index (χ1v) is 6.35. The van der Waals surface area contributed by atoms with E-state index in [0.29, 0.717) is 0 Å². The Bertz CT molecular complexity index is 311. The van der Waals surface area contributed by atoms with Crippen LogP contribution in [0.4, 0.5) is 0 Å². The third-order valence-electron chi connectivity index (χ3n) is 3.87. The van der Waals surface area contributed by atoms with Gasteiger partial charge in [-0.1, -0.05) is 0 Å². The number of hydrogen-bond donors (Lipinski definition) is 2. The molecule has 0 bridgehead atoms. The molecule has 2 N–H and O–H groups in total. The van der Waals surface area contributed by atoms with Crippen molar-refractivity contribution in [3.05, 3.63) is 23.0 Å². The molecule has 0 aromatic carbocycles. The SMILES string of the molecule is c1c(C2CCCNC2)[nH]c2c1CCCC2. The zero-order valence-electron chi connectivity index (χ0n) is 9.31. The van der Waals surface area contributed by atoms with Crippen LogP contribution < -0.4 is 5.32 Å². The van der Waals surface area contributed by atoms with Gasteiger partial charge in [0.1, 0.15) is 0 Å². The molecule has 1 saturated heterocycles. The molecule has 1 aromatic rings. The van der Waals surface area contributed by atoms with Crippen molar-refractivity contribution in [2.45, 2.75) is 44.4 Å². The molecule has 1 fully saturated rings. The molecular weight excluding hydrogens is 184 g/mol. The number of piperidine rings is 1. The third kappa shape index (κ3) is 1.83. The fourth-order valence-electron chi connectivity index (χ4n) is 2.97. The topological polar surface area (TPSA) is 27.8 Å². The minimum atomic E-state index is 0.740. The largest absolute Gasteiger partial charge is 0.362 e. The summed E-state index contributed by atoms with van der Waals surface area (Å²) in [4.78, 5) is 3.66. The van der Waals surface area contributed by atoms with Gasteiger partial charge in [-0.3, -0.25) is 0 Å². The number of H-pyrrole nitrogens is 1. The van der Waals surface area contributed by atoms with Gasteiger partial charge in [0.05, 0.1) is 0 Å².